The zero-order chi connectivity index (χ0) is 17.5. The normalized spacial score (nSPS) is 23.4. The number of likely N-dealkylation sites (tertiary alicyclic amines) is 1. The maximum atomic E-state index is 12.4. The molecule has 2 saturated heterocycles. The van der Waals surface area contributed by atoms with Crippen LogP contribution in [-0.2, 0) is 9.53 Å². The average Bonchev–Trinajstić information content (AvgIpc) is 2.68. The molecule has 3 rings (SSSR count). The molecule has 25 heavy (non-hydrogen) atoms. The maximum absolute atomic E-state index is 12.4. The number of ether oxygens (including phenoxy) is 1. The Labute approximate surface area is 150 Å². The van der Waals surface area contributed by atoms with Gasteiger partial charge in [-0.15, -0.1) is 0 Å². The Morgan fingerprint density at radius 1 is 1.16 bits per heavy atom. The van der Waals surface area contributed by atoms with Crippen LogP contribution in [0.4, 0.5) is 0 Å². The molecular formula is C20H30N2O3. The van der Waals surface area contributed by atoms with Crippen LogP contribution in [0.25, 0.3) is 0 Å². The van der Waals surface area contributed by atoms with E-state index in [1.54, 1.807) is 0 Å². The number of aliphatic hydroxyl groups excluding tert-OH is 1. The number of rotatable bonds is 6. The van der Waals surface area contributed by atoms with E-state index in [4.69, 9.17) is 4.74 Å². The van der Waals surface area contributed by atoms with Crippen LogP contribution in [0.1, 0.15) is 43.8 Å². The van der Waals surface area contributed by atoms with Crippen molar-refractivity contribution < 1.29 is 14.6 Å². The quantitative estimate of drug-likeness (QED) is 0.858. The van der Waals surface area contributed by atoms with E-state index in [1.807, 2.05) is 35.2 Å². The number of aliphatic hydroxyl groups is 1. The first-order chi connectivity index (χ1) is 12.2. The number of carbonyl (C=O) groups is 1. The SMILES string of the molecule is O=C(CCN1CCOCC1CC(O)c1ccccc1)N1CCCCC1. The first kappa shape index (κ1) is 18.4. The smallest absolute Gasteiger partial charge is 0.223 e. The van der Waals surface area contributed by atoms with Gasteiger partial charge in [0.1, 0.15) is 0 Å². The van der Waals surface area contributed by atoms with Crippen molar-refractivity contribution >= 4 is 5.91 Å². The minimum Gasteiger partial charge on any atom is -0.388 e. The number of carbonyl (C=O) groups excluding carboxylic acids is 1. The van der Waals surface area contributed by atoms with Crippen molar-refractivity contribution in [2.45, 2.75) is 44.2 Å². The lowest BCUT2D eigenvalue weighted by atomic mass is 10.0. The van der Waals surface area contributed by atoms with Gasteiger partial charge in [-0.2, -0.15) is 0 Å². The Morgan fingerprint density at radius 3 is 2.68 bits per heavy atom. The first-order valence-corrected chi connectivity index (χ1v) is 9.56. The molecule has 2 unspecified atom stereocenters. The molecule has 0 bridgehead atoms. The van der Waals surface area contributed by atoms with Crippen molar-refractivity contribution in [1.29, 1.82) is 0 Å². The standard InChI is InChI=1S/C20H30N2O3/c23-19(17-7-3-1-4-8-17)15-18-16-25-14-13-21(18)12-9-20(24)22-10-5-2-6-11-22/h1,3-4,7-8,18-19,23H,2,5-6,9-16H2. The fourth-order valence-electron chi connectivity index (χ4n) is 3.81. The molecule has 0 aliphatic carbocycles. The van der Waals surface area contributed by atoms with Crippen LogP contribution >= 0.6 is 0 Å². The van der Waals surface area contributed by atoms with E-state index >= 15 is 0 Å². The molecule has 2 aliphatic rings. The molecule has 0 spiro atoms. The molecule has 1 N–H and O–H groups in total. The highest BCUT2D eigenvalue weighted by Crippen LogP contribution is 2.23. The van der Waals surface area contributed by atoms with Crippen molar-refractivity contribution in [3.8, 4) is 0 Å². The van der Waals surface area contributed by atoms with Crippen molar-refractivity contribution in [3.63, 3.8) is 0 Å². The van der Waals surface area contributed by atoms with Crippen LogP contribution in [0.3, 0.4) is 0 Å². The van der Waals surface area contributed by atoms with Gasteiger partial charge in [0, 0.05) is 38.6 Å². The predicted octanol–water partition coefficient (Wildman–Crippen LogP) is 2.21. The highest BCUT2D eigenvalue weighted by atomic mass is 16.5. The lowest BCUT2D eigenvalue weighted by molar-refractivity contribution is -0.133. The number of morpholine rings is 1. The Kier molecular flexibility index (Phi) is 6.84. The van der Waals surface area contributed by atoms with Gasteiger partial charge >= 0.3 is 0 Å². The molecule has 2 fully saturated rings. The van der Waals surface area contributed by atoms with Gasteiger partial charge in [0.15, 0.2) is 0 Å². The van der Waals surface area contributed by atoms with Crippen LogP contribution in [-0.4, -0.2) is 66.2 Å². The van der Waals surface area contributed by atoms with Gasteiger partial charge in [-0.3, -0.25) is 9.69 Å². The number of hydrogen-bond acceptors (Lipinski definition) is 4. The second-order valence-electron chi connectivity index (χ2n) is 7.12. The zero-order valence-corrected chi connectivity index (χ0v) is 15.0. The first-order valence-electron chi connectivity index (χ1n) is 9.56. The Morgan fingerprint density at radius 2 is 1.92 bits per heavy atom. The predicted molar refractivity (Wildman–Crippen MR) is 97.2 cm³/mol. The molecule has 5 nitrogen and oxygen atoms in total. The molecular weight excluding hydrogens is 316 g/mol. The molecule has 2 aliphatic heterocycles. The summed E-state index contributed by atoms with van der Waals surface area (Å²) in [4.78, 5) is 16.7. The highest BCUT2D eigenvalue weighted by Gasteiger charge is 2.27. The van der Waals surface area contributed by atoms with Crippen molar-refractivity contribution in [1.82, 2.24) is 9.80 Å². The maximum Gasteiger partial charge on any atom is 0.223 e. The number of benzene rings is 1. The van der Waals surface area contributed by atoms with Crippen molar-refractivity contribution in [3.05, 3.63) is 35.9 Å². The molecule has 0 saturated carbocycles. The van der Waals surface area contributed by atoms with Crippen LogP contribution in [0.15, 0.2) is 30.3 Å². The minimum atomic E-state index is -0.492. The summed E-state index contributed by atoms with van der Waals surface area (Å²) in [6.07, 6.45) is 4.23. The summed E-state index contributed by atoms with van der Waals surface area (Å²) in [5.41, 5.74) is 0.942. The second-order valence-corrected chi connectivity index (χ2v) is 7.12. The summed E-state index contributed by atoms with van der Waals surface area (Å²) in [6, 6.07) is 9.93. The summed E-state index contributed by atoms with van der Waals surface area (Å²) in [5.74, 6) is 0.272. The summed E-state index contributed by atoms with van der Waals surface area (Å²) >= 11 is 0. The molecule has 1 aromatic rings. The summed E-state index contributed by atoms with van der Waals surface area (Å²) in [5, 5.41) is 10.5. The fourth-order valence-corrected chi connectivity index (χ4v) is 3.81. The fraction of sp³-hybridized carbons (Fsp3) is 0.650. The molecule has 5 heteroatoms. The van der Waals surface area contributed by atoms with Gasteiger partial charge in [0.05, 0.1) is 19.3 Å². The molecule has 0 aromatic heterocycles. The number of hydrogen-bond donors (Lipinski definition) is 1. The van der Waals surface area contributed by atoms with Gasteiger partial charge < -0.3 is 14.7 Å². The monoisotopic (exact) mass is 346 g/mol. The van der Waals surface area contributed by atoms with Crippen LogP contribution < -0.4 is 0 Å². The molecule has 138 valence electrons. The lowest BCUT2D eigenvalue weighted by Crippen LogP contribution is -2.47. The molecule has 1 aromatic carbocycles. The summed E-state index contributed by atoms with van der Waals surface area (Å²) in [6.45, 7) is 4.75. The number of amides is 1. The summed E-state index contributed by atoms with van der Waals surface area (Å²) < 4.78 is 5.62. The number of nitrogens with zero attached hydrogens (tertiary/aromatic N) is 2. The van der Waals surface area contributed by atoms with Crippen LogP contribution in [0.5, 0.6) is 0 Å². The highest BCUT2D eigenvalue weighted by molar-refractivity contribution is 5.76. The third-order valence-electron chi connectivity index (χ3n) is 5.35. The van der Waals surface area contributed by atoms with E-state index in [1.165, 1.54) is 6.42 Å². The average molecular weight is 346 g/mol. The molecule has 2 heterocycles. The topological polar surface area (TPSA) is 53.0 Å². The van der Waals surface area contributed by atoms with Gasteiger partial charge in [0.25, 0.3) is 0 Å². The van der Waals surface area contributed by atoms with Gasteiger partial charge in [-0.1, -0.05) is 30.3 Å². The lowest BCUT2D eigenvalue weighted by Gasteiger charge is -2.37. The van der Waals surface area contributed by atoms with Crippen LogP contribution in [0, 0.1) is 0 Å². The Balaban J connectivity index is 1.51. The molecule has 1 amide bonds. The minimum absolute atomic E-state index is 0.165. The van der Waals surface area contributed by atoms with E-state index in [0.29, 0.717) is 26.1 Å². The van der Waals surface area contributed by atoms with Crippen LogP contribution in [0.2, 0.25) is 0 Å². The van der Waals surface area contributed by atoms with Gasteiger partial charge in [-0.05, 0) is 31.2 Å². The van der Waals surface area contributed by atoms with Gasteiger partial charge in [0.2, 0.25) is 5.91 Å². The zero-order valence-electron chi connectivity index (χ0n) is 15.0. The third kappa shape index (κ3) is 5.27. The second kappa shape index (κ2) is 9.32. The van der Waals surface area contributed by atoms with Crippen molar-refractivity contribution in [2.24, 2.45) is 0 Å². The largest absolute Gasteiger partial charge is 0.388 e. The Bertz CT molecular complexity index is 531. The third-order valence-corrected chi connectivity index (χ3v) is 5.35. The Hall–Kier alpha value is -1.43. The van der Waals surface area contributed by atoms with E-state index in [9.17, 15) is 9.90 Å². The van der Waals surface area contributed by atoms with E-state index in [0.717, 1.165) is 44.6 Å². The molecule has 0 radical (unpaired) electrons. The summed E-state index contributed by atoms with van der Waals surface area (Å²) in [7, 11) is 0. The van der Waals surface area contributed by atoms with Gasteiger partial charge in [-0.25, -0.2) is 0 Å². The van der Waals surface area contributed by atoms with Crippen molar-refractivity contribution in [2.75, 3.05) is 39.4 Å². The number of piperidine rings is 1. The van der Waals surface area contributed by atoms with E-state index < -0.39 is 6.10 Å². The molecule has 2 atom stereocenters. The van der Waals surface area contributed by atoms with E-state index in [-0.39, 0.29) is 11.9 Å². The van der Waals surface area contributed by atoms with E-state index in [2.05, 4.69) is 4.90 Å².